The molecule has 0 aromatic carbocycles. The molecule has 1 unspecified atom stereocenters. The first-order valence-corrected chi connectivity index (χ1v) is 6.48. The summed E-state index contributed by atoms with van der Waals surface area (Å²) in [6.07, 6.45) is 1.01. The van der Waals surface area contributed by atoms with Crippen LogP contribution in [-0.4, -0.2) is 47.2 Å². The predicted molar refractivity (Wildman–Crippen MR) is 67.0 cm³/mol. The van der Waals surface area contributed by atoms with E-state index in [4.69, 9.17) is 0 Å². The SMILES string of the molecule is CNc1nnc(CN2CCC(NC(C)=O)C2)s1. The van der Waals surface area contributed by atoms with E-state index in [2.05, 4.69) is 25.7 Å². The molecule has 0 radical (unpaired) electrons. The number of hydrogen-bond donors (Lipinski definition) is 2. The van der Waals surface area contributed by atoms with Crippen LogP contribution < -0.4 is 10.6 Å². The second-order valence-corrected chi connectivity index (χ2v) is 5.23. The van der Waals surface area contributed by atoms with Crippen molar-refractivity contribution in [2.75, 3.05) is 25.5 Å². The second kappa shape index (κ2) is 5.42. The largest absolute Gasteiger partial charge is 0.363 e. The molecule has 1 aromatic rings. The Morgan fingerprint density at radius 2 is 2.41 bits per heavy atom. The van der Waals surface area contributed by atoms with Gasteiger partial charge in [-0.05, 0) is 6.42 Å². The molecule has 0 saturated carbocycles. The minimum atomic E-state index is 0.0465. The number of hydrogen-bond acceptors (Lipinski definition) is 6. The lowest BCUT2D eigenvalue weighted by Crippen LogP contribution is -2.35. The van der Waals surface area contributed by atoms with E-state index in [0.717, 1.165) is 36.2 Å². The third-order valence-corrected chi connectivity index (χ3v) is 3.64. The zero-order valence-corrected chi connectivity index (χ0v) is 10.9. The second-order valence-electron chi connectivity index (χ2n) is 4.17. The molecular weight excluding hydrogens is 238 g/mol. The fourth-order valence-corrected chi connectivity index (χ4v) is 2.73. The van der Waals surface area contributed by atoms with Crippen molar-refractivity contribution in [3.8, 4) is 0 Å². The van der Waals surface area contributed by atoms with Crippen LogP contribution in [-0.2, 0) is 11.3 Å². The number of nitrogens with one attached hydrogen (secondary N) is 2. The summed E-state index contributed by atoms with van der Waals surface area (Å²) in [7, 11) is 1.84. The molecule has 0 spiro atoms. The highest BCUT2D eigenvalue weighted by atomic mass is 32.1. The summed E-state index contributed by atoms with van der Waals surface area (Å²) < 4.78 is 0. The molecule has 0 bridgehead atoms. The van der Waals surface area contributed by atoms with Gasteiger partial charge in [0.15, 0.2) is 0 Å². The Morgan fingerprint density at radius 1 is 1.59 bits per heavy atom. The molecule has 1 aromatic heterocycles. The molecule has 2 heterocycles. The number of carbonyl (C=O) groups excluding carboxylic acids is 1. The van der Waals surface area contributed by atoms with Crippen LogP contribution in [0.2, 0.25) is 0 Å². The number of nitrogens with zero attached hydrogens (tertiary/aromatic N) is 3. The summed E-state index contributed by atoms with van der Waals surface area (Å²) in [4.78, 5) is 13.2. The van der Waals surface area contributed by atoms with Crippen LogP contribution in [0.15, 0.2) is 0 Å². The van der Waals surface area contributed by atoms with E-state index < -0.39 is 0 Å². The van der Waals surface area contributed by atoms with Crippen LogP contribution in [0.25, 0.3) is 0 Å². The lowest BCUT2D eigenvalue weighted by molar-refractivity contribution is -0.119. The fourth-order valence-electron chi connectivity index (χ4n) is 1.99. The average molecular weight is 255 g/mol. The van der Waals surface area contributed by atoms with Gasteiger partial charge in [-0.25, -0.2) is 0 Å². The number of carbonyl (C=O) groups is 1. The standard InChI is InChI=1S/C10H17N5OS/c1-7(16)12-8-3-4-15(5-8)6-9-13-14-10(11-2)17-9/h8H,3-6H2,1-2H3,(H,11,14)(H,12,16). The first kappa shape index (κ1) is 12.3. The van der Waals surface area contributed by atoms with E-state index >= 15 is 0 Å². The van der Waals surface area contributed by atoms with Crippen LogP contribution >= 0.6 is 11.3 Å². The van der Waals surface area contributed by atoms with E-state index in [0.29, 0.717) is 0 Å². The summed E-state index contributed by atoms with van der Waals surface area (Å²) in [6.45, 7) is 4.27. The van der Waals surface area contributed by atoms with Crippen molar-refractivity contribution in [1.29, 1.82) is 0 Å². The highest BCUT2D eigenvalue weighted by molar-refractivity contribution is 7.15. The van der Waals surface area contributed by atoms with Gasteiger partial charge in [0.2, 0.25) is 11.0 Å². The minimum Gasteiger partial charge on any atom is -0.363 e. The number of likely N-dealkylation sites (tertiary alicyclic amines) is 1. The Bertz CT molecular complexity index is 394. The van der Waals surface area contributed by atoms with Crippen molar-refractivity contribution in [3.63, 3.8) is 0 Å². The maximum Gasteiger partial charge on any atom is 0.217 e. The van der Waals surface area contributed by atoms with E-state index in [9.17, 15) is 4.79 Å². The number of rotatable bonds is 4. The fraction of sp³-hybridized carbons (Fsp3) is 0.700. The maximum atomic E-state index is 10.9. The molecule has 0 aliphatic carbocycles. The molecule has 7 heteroatoms. The van der Waals surface area contributed by atoms with Gasteiger partial charge in [-0.2, -0.15) is 0 Å². The zero-order valence-electron chi connectivity index (χ0n) is 10.1. The summed E-state index contributed by atoms with van der Waals surface area (Å²) in [6, 6.07) is 0.282. The highest BCUT2D eigenvalue weighted by Crippen LogP contribution is 2.18. The van der Waals surface area contributed by atoms with Gasteiger partial charge in [0, 0.05) is 33.1 Å². The molecule has 2 N–H and O–H groups in total. The Kier molecular flexibility index (Phi) is 3.90. The summed E-state index contributed by atoms with van der Waals surface area (Å²) >= 11 is 1.57. The van der Waals surface area contributed by atoms with Crippen LogP contribution in [0, 0.1) is 0 Å². The minimum absolute atomic E-state index is 0.0465. The van der Waals surface area contributed by atoms with Gasteiger partial charge in [-0.3, -0.25) is 9.69 Å². The molecule has 2 rings (SSSR count). The number of aromatic nitrogens is 2. The van der Waals surface area contributed by atoms with Gasteiger partial charge >= 0.3 is 0 Å². The van der Waals surface area contributed by atoms with Crippen molar-refractivity contribution in [3.05, 3.63) is 5.01 Å². The van der Waals surface area contributed by atoms with Crippen molar-refractivity contribution in [1.82, 2.24) is 20.4 Å². The molecule has 1 saturated heterocycles. The third kappa shape index (κ3) is 3.37. The number of amides is 1. The smallest absolute Gasteiger partial charge is 0.217 e. The summed E-state index contributed by atoms with van der Waals surface area (Å²) in [5.41, 5.74) is 0. The van der Waals surface area contributed by atoms with E-state index in [1.165, 1.54) is 0 Å². The van der Waals surface area contributed by atoms with Crippen molar-refractivity contribution >= 4 is 22.4 Å². The van der Waals surface area contributed by atoms with E-state index in [1.54, 1.807) is 18.3 Å². The topological polar surface area (TPSA) is 70.2 Å². The molecule has 17 heavy (non-hydrogen) atoms. The van der Waals surface area contributed by atoms with Gasteiger partial charge in [-0.1, -0.05) is 11.3 Å². The monoisotopic (exact) mass is 255 g/mol. The third-order valence-electron chi connectivity index (χ3n) is 2.72. The molecule has 1 aliphatic rings. The molecule has 1 amide bonds. The summed E-state index contributed by atoms with van der Waals surface area (Å²) in [5, 5.41) is 15.9. The molecular formula is C10H17N5OS. The van der Waals surface area contributed by atoms with Crippen LogP contribution in [0.4, 0.5) is 5.13 Å². The first-order chi connectivity index (χ1) is 8.17. The predicted octanol–water partition coefficient (Wildman–Crippen LogP) is 0.290. The molecule has 1 fully saturated rings. The lowest BCUT2D eigenvalue weighted by atomic mass is 10.3. The number of anilines is 1. The van der Waals surface area contributed by atoms with Gasteiger partial charge in [0.25, 0.3) is 0 Å². The highest BCUT2D eigenvalue weighted by Gasteiger charge is 2.23. The first-order valence-electron chi connectivity index (χ1n) is 5.67. The van der Waals surface area contributed by atoms with Crippen LogP contribution in [0.3, 0.4) is 0 Å². The van der Waals surface area contributed by atoms with Crippen molar-refractivity contribution < 1.29 is 4.79 Å². The lowest BCUT2D eigenvalue weighted by Gasteiger charge is -2.14. The van der Waals surface area contributed by atoms with Gasteiger partial charge < -0.3 is 10.6 Å². The van der Waals surface area contributed by atoms with Crippen LogP contribution in [0.5, 0.6) is 0 Å². The molecule has 6 nitrogen and oxygen atoms in total. The van der Waals surface area contributed by atoms with E-state index in [1.807, 2.05) is 7.05 Å². The average Bonchev–Trinajstić information content (AvgIpc) is 2.88. The Balaban J connectivity index is 1.83. The van der Waals surface area contributed by atoms with Crippen LogP contribution in [0.1, 0.15) is 18.4 Å². The molecule has 1 atom stereocenters. The molecule has 94 valence electrons. The molecule has 1 aliphatic heterocycles. The Labute approximate surface area is 104 Å². The van der Waals surface area contributed by atoms with Crippen molar-refractivity contribution in [2.24, 2.45) is 0 Å². The van der Waals surface area contributed by atoms with Gasteiger partial charge in [-0.15, -0.1) is 10.2 Å². The Morgan fingerprint density at radius 3 is 3.06 bits per heavy atom. The normalized spacial score (nSPS) is 20.5. The van der Waals surface area contributed by atoms with Gasteiger partial charge in [0.1, 0.15) is 5.01 Å². The quantitative estimate of drug-likeness (QED) is 0.809. The summed E-state index contributed by atoms with van der Waals surface area (Å²) in [5.74, 6) is 0.0465. The Hall–Kier alpha value is -1.21. The zero-order chi connectivity index (χ0) is 12.3. The van der Waals surface area contributed by atoms with Gasteiger partial charge in [0.05, 0.1) is 6.54 Å². The maximum absolute atomic E-state index is 10.9. The van der Waals surface area contributed by atoms with Crippen molar-refractivity contribution in [2.45, 2.75) is 25.9 Å². The van der Waals surface area contributed by atoms with E-state index in [-0.39, 0.29) is 11.9 Å².